The van der Waals surface area contributed by atoms with Crippen LogP contribution in [0.3, 0.4) is 0 Å². The molecule has 0 saturated carbocycles. The Morgan fingerprint density at radius 2 is 1.76 bits per heavy atom. The molecule has 0 nitrogen and oxygen atoms in total. The summed E-state index contributed by atoms with van der Waals surface area (Å²) in [6, 6.07) is 7.06. The first kappa shape index (κ1) is 14.0. The van der Waals surface area contributed by atoms with Gasteiger partial charge in [0.15, 0.2) is 0 Å². The van der Waals surface area contributed by atoms with Crippen molar-refractivity contribution in [2.24, 2.45) is 0 Å². The van der Waals surface area contributed by atoms with Gasteiger partial charge in [-0.15, -0.1) is 22.9 Å². The molecule has 17 heavy (non-hydrogen) atoms. The summed E-state index contributed by atoms with van der Waals surface area (Å²) >= 11 is 29.2. The number of benzene rings is 1. The molecule has 6 heteroatoms. The zero-order valence-electron chi connectivity index (χ0n) is 8.18. The third-order valence-corrected chi connectivity index (χ3v) is 5.86. The third kappa shape index (κ3) is 3.12. The Kier molecular flexibility index (Phi) is 4.67. The zero-order chi connectivity index (χ0) is 12.6. The van der Waals surface area contributed by atoms with Crippen molar-refractivity contribution >= 4 is 73.7 Å². The molecule has 1 unspecified atom stereocenters. The lowest BCUT2D eigenvalue weighted by atomic mass is 10.1. The Balaban J connectivity index is 2.42. The molecule has 1 aromatic carbocycles. The molecule has 0 spiro atoms. The van der Waals surface area contributed by atoms with Gasteiger partial charge in [-0.1, -0.05) is 34.8 Å². The largest absolute Gasteiger partial charge is 0.130 e. The van der Waals surface area contributed by atoms with Gasteiger partial charge in [0.05, 0.1) is 14.2 Å². The second-order valence-corrected chi connectivity index (χ2v) is 7.39. The predicted octanol–water partition coefficient (Wildman–Crippen LogP) is 6.80. The summed E-state index contributed by atoms with van der Waals surface area (Å²) < 4.78 is 0.859. The zero-order valence-corrected chi connectivity index (χ0v) is 13.6. The van der Waals surface area contributed by atoms with Crippen molar-refractivity contribution in [2.75, 3.05) is 0 Å². The first-order valence-corrected chi connectivity index (χ1v) is 7.70. The fourth-order valence-electron chi connectivity index (χ4n) is 1.35. The number of rotatable bonds is 2. The smallest absolute Gasteiger partial charge is 0.0943 e. The molecule has 1 atom stereocenters. The van der Waals surface area contributed by atoms with E-state index in [0.717, 1.165) is 14.2 Å². The summed E-state index contributed by atoms with van der Waals surface area (Å²) in [7, 11) is 0. The van der Waals surface area contributed by atoms with Crippen LogP contribution in [0.15, 0.2) is 28.1 Å². The van der Waals surface area contributed by atoms with Gasteiger partial charge in [0.25, 0.3) is 0 Å². The first-order valence-electron chi connectivity index (χ1n) is 4.53. The van der Waals surface area contributed by atoms with Crippen LogP contribution in [0.25, 0.3) is 0 Å². The molecule has 2 rings (SSSR count). The molecule has 1 aromatic heterocycles. The van der Waals surface area contributed by atoms with Crippen LogP contribution in [0, 0.1) is 0 Å². The summed E-state index contributed by atoms with van der Waals surface area (Å²) in [4.78, 5) is 0.924. The average molecular weight is 391 g/mol. The summed E-state index contributed by atoms with van der Waals surface area (Å²) in [6.45, 7) is 0. The molecule has 0 aliphatic heterocycles. The SMILES string of the molecule is Clc1ccc(Cl)c(C(Cl)c2cc(Cl)c(Br)s2)c1. The van der Waals surface area contributed by atoms with Crippen molar-refractivity contribution in [1.82, 2.24) is 0 Å². The van der Waals surface area contributed by atoms with Crippen LogP contribution in [0.2, 0.25) is 15.1 Å². The van der Waals surface area contributed by atoms with Crippen LogP contribution in [-0.2, 0) is 0 Å². The fourth-order valence-corrected chi connectivity index (χ4v) is 3.93. The summed E-state index contributed by atoms with van der Waals surface area (Å²) in [5, 5.41) is 1.50. The van der Waals surface area contributed by atoms with Gasteiger partial charge in [0.1, 0.15) is 0 Å². The van der Waals surface area contributed by atoms with Crippen LogP contribution in [0.1, 0.15) is 15.8 Å². The summed E-state index contributed by atoms with van der Waals surface area (Å²) in [5.74, 6) is 0. The quantitative estimate of drug-likeness (QED) is 0.494. The van der Waals surface area contributed by atoms with Gasteiger partial charge in [-0.2, -0.15) is 0 Å². The molecule has 0 radical (unpaired) electrons. The summed E-state index contributed by atoms with van der Waals surface area (Å²) in [6.07, 6.45) is 0. The predicted molar refractivity (Wildman–Crippen MR) is 81.2 cm³/mol. The standard InChI is InChI=1S/C11H5BrCl4S/c12-11-8(15)4-9(17-11)10(16)6-3-5(13)1-2-7(6)14/h1-4,10H. The third-order valence-electron chi connectivity index (χ3n) is 2.15. The van der Waals surface area contributed by atoms with E-state index in [1.807, 2.05) is 6.07 Å². The van der Waals surface area contributed by atoms with Crippen molar-refractivity contribution in [3.05, 3.63) is 53.6 Å². The van der Waals surface area contributed by atoms with Gasteiger partial charge >= 0.3 is 0 Å². The van der Waals surface area contributed by atoms with Crippen molar-refractivity contribution in [3.8, 4) is 0 Å². The van der Waals surface area contributed by atoms with Crippen molar-refractivity contribution in [3.63, 3.8) is 0 Å². The lowest BCUT2D eigenvalue weighted by Crippen LogP contribution is -1.91. The van der Waals surface area contributed by atoms with E-state index in [4.69, 9.17) is 46.4 Å². The van der Waals surface area contributed by atoms with Gasteiger partial charge in [-0.05, 0) is 45.8 Å². The number of hydrogen-bond donors (Lipinski definition) is 0. The number of thiophene rings is 1. The topological polar surface area (TPSA) is 0 Å². The molecule has 2 aromatic rings. The number of hydrogen-bond acceptors (Lipinski definition) is 1. The maximum atomic E-state index is 6.38. The maximum Gasteiger partial charge on any atom is 0.0943 e. The normalized spacial score (nSPS) is 12.8. The van der Waals surface area contributed by atoms with Gasteiger partial charge in [-0.25, -0.2) is 0 Å². The highest BCUT2D eigenvalue weighted by Gasteiger charge is 2.18. The molecule has 0 saturated heterocycles. The molecule has 1 heterocycles. The van der Waals surface area contributed by atoms with E-state index >= 15 is 0 Å². The number of halogens is 5. The minimum absolute atomic E-state index is 0.352. The lowest BCUT2D eigenvalue weighted by Gasteiger charge is -2.10. The highest BCUT2D eigenvalue weighted by atomic mass is 79.9. The molecule has 90 valence electrons. The minimum Gasteiger partial charge on any atom is -0.130 e. The van der Waals surface area contributed by atoms with E-state index < -0.39 is 0 Å². The van der Waals surface area contributed by atoms with Gasteiger partial charge < -0.3 is 0 Å². The molecule has 0 bridgehead atoms. The van der Waals surface area contributed by atoms with E-state index in [1.165, 1.54) is 11.3 Å². The molecular weight excluding hydrogens is 386 g/mol. The van der Waals surface area contributed by atoms with Gasteiger partial charge in [-0.3, -0.25) is 0 Å². The Morgan fingerprint density at radius 1 is 1.06 bits per heavy atom. The van der Waals surface area contributed by atoms with Gasteiger partial charge in [0.2, 0.25) is 0 Å². The number of alkyl halides is 1. The second kappa shape index (κ2) is 5.68. The summed E-state index contributed by atoms with van der Waals surface area (Å²) in [5.41, 5.74) is 0.784. The van der Waals surface area contributed by atoms with E-state index in [2.05, 4.69) is 15.9 Å². The molecule has 0 aliphatic rings. The van der Waals surface area contributed by atoms with Crippen molar-refractivity contribution in [2.45, 2.75) is 5.38 Å². The monoisotopic (exact) mass is 388 g/mol. The Bertz CT molecular complexity index is 533. The maximum absolute atomic E-state index is 6.38. The highest BCUT2D eigenvalue weighted by molar-refractivity contribution is 9.11. The first-order chi connectivity index (χ1) is 7.99. The Labute approximate surface area is 132 Å². The second-order valence-electron chi connectivity index (χ2n) is 3.30. The lowest BCUT2D eigenvalue weighted by molar-refractivity contribution is 1.18. The average Bonchev–Trinajstić information content (AvgIpc) is 2.62. The van der Waals surface area contributed by atoms with Crippen LogP contribution >= 0.6 is 73.7 Å². The molecular formula is C11H5BrCl4S. The Hall–Kier alpha value is 0.560. The fraction of sp³-hybridized carbons (Fsp3) is 0.0909. The van der Waals surface area contributed by atoms with E-state index in [0.29, 0.717) is 15.1 Å². The van der Waals surface area contributed by atoms with Crippen LogP contribution < -0.4 is 0 Å². The minimum atomic E-state index is -0.352. The molecule has 0 aliphatic carbocycles. The molecule has 0 N–H and O–H groups in total. The molecule has 0 amide bonds. The van der Waals surface area contributed by atoms with Crippen LogP contribution in [0.5, 0.6) is 0 Å². The van der Waals surface area contributed by atoms with Crippen molar-refractivity contribution in [1.29, 1.82) is 0 Å². The van der Waals surface area contributed by atoms with Crippen LogP contribution in [0.4, 0.5) is 0 Å². The van der Waals surface area contributed by atoms with Crippen molar-refractivity contribution < 1.29 is 0 Å². The van der Waals surface area contributed by atoms with E-state index in [1.54, 1.807) is 18.2 Å². The van der Waals surface area contributed by atoms with E-state index in [-0.39, 0.29) is 5.38 Å². The van der Waals surface area contributed by atoms with E-state index in [9.17, 15) is 0 Å². The molecule has 0 fully saturated rings. The van der Waals surface area contributed by atoms with Gasteiger partial charge in [0, 0.05) is 14.9 Å². The highest BCUT2D eigenvalue weighted by Crippen LogP contribution is 2.42. The Morgan fingerprint density at radius 3 is 2.35 bits per heavy atom. The van der Waals surface area contributed by atoms with Crippen LogP contribution in [-0.4, -0.2) is 0 Å².